The van der Waals surface area contributed by atoms with Crippen molar-refractivity contribution in [1.82, 2.24) is 10.0 Å². The first-order chi connectivity index (χ1) is 8.58. The number of hydrogen-bond donors (Lipinski definition) is 2. The second-order valence-corrected chi connectivity index (χ2v) is 6.06. The van der Waals surface area contributed by atoms with Crippen LogP contribution in [0.1, 0.15) is 25.7 Å². The predicted molar refractivity (Wildman–Crippen MR) is 67.6 cm³/mol. The number of amides is 2. The number of rotatable bonds is 3. The number of carbonyl (C=O) groups is 1. The summed E-state index contributed by atoms with van der Waals surface area (Å²) in [5, 5.41) is 2.68. The first-order valence-electron chi connectivity index (χ1n) is 5.96. The molecule has 0 aromatic heterocycles. The van der Waals surface area contributed by atoms with Crippen LogP contribution < -0.4 is 10.0 Å². The number of sulfonamides is 1. The lowest BCUT2D eigenvalue weighted by Crippen LogP contribution is -2.43. The van der Waals surface area contributed by atoms with E-state index >= 15 is 0 Å². The van der Waals surface area contributed by atoms with Crippen LogP contribution in [0.25, 0.3) is 0 Å². The molecule has 1 saturated carbocycles. The zero-order valence-electron chi connectivity index (χ0n) is 9.93. The van der Waals surface area contributed by atoms with Crippen LogP contribution in [0, 0.1) is 0 Å². The Morgan fingerprint density at radius 3 is 2.33 bits per heavy atom. The molecule has 0 bridgehead atoms. The van der Waals surface area contributed by atoms with Gasteiger partial charge in [0.2, 0.25) is 0 Å². The molecule has 2 N–H and O–H groups in total. The Morgan fingerprint density at radius 1 is 1.11 bits per heavy atom. The van der Waals surface area contributed by atoms with Gasteiger partial charge in [-0.25, -0.2) is 17.9 Å². The molecule has 0 saturated heterocycles. The lowest BCUT2D eigenvalue weighted by Gasteiger charge is -2.13. The van der Waals surface area contributed by atoms with Crippen LogP contribution >= 0.6 is 0 Å². The fraction of sp³-hybridized carbons (Fsp3) is 0.417. The third kappa shape index (κ3) is 3.22. The largest absolute Gasteiger partial charge is 0.335 e. The highest BCUT2D eigenvalue weighted by Crippen LogP contribution is 2.17. The van der Waals surface area contributed by atoms with E-state index in [0.29, 0.717) is 0 Å². The second-order valence-electron chi connectivity index (χ2n) is 4.37. The van der Waals surface area contributed by atoms with Crippen LogP contribution in [-0.4, -0.2) is 20.5 Å². The molecule has 0 aliphatic heterocycles. The molecule has 0 atom stereocenters. The van der Waals surface area contributed by atoms with Gasteiger partial charge in [-0.05, 0) is 25.0 Å². The number of urea groups is 1. The van der Waals surface area contributed by atoms with E-state index in [4.69, 9.17) is 0 Å². The quantitative estimate of drug-likeness (QED) is 0.874. The molecular formula is C12H16N2O3S. The maximum absolute atomic E-state index is 11.8. The average Bonchev–Trinajstić information content (AvgIpc) is 2.82. The molecule has 1 fully saturated rings. The zero-order chi connectivity index (χ0) is 13.0. The summed E-state index contributed by atoms with van der Waals surface area (Å²) in [6, 6.07) is 7.29. The number of benzene rings is 1. The molecular weight excluding hydrogens is 252 g/mol. The molecule has 1 aromatic carbocycles. The minimum Gasteiger partial charge on any atom is -0.335 e. The molecule has 18 heavy (non-hydrogen) atoms. The summed E-state index contributed by atoms with van der Waals surface area (Å²) in [7, 11) is -3.76. The van der Waals surface area contributed by atoms with Crippen molar-refractivity contribution in [3.8, 4) is 0 Å². The van der Waals surface area contributed by atoms with Gasteiger partial charge in [0.1, 0.15) is 0 Å². The van der Waals surface area contributed by atoms with Crippen molar-refractivity contribution in [2.45, 2.75) is 36.6 Å². The van der Waals surface area contributed by atoms with Crippen molar-refractivity contribution in [1.29, 1.82) is 0 Å². The highest BCUT2D eigenvalue weighted by atomic mass is 32.2. The molecule has 6 heteroatoms. The Kier molecular flexibility index (Phi) is 3.86. The normalized spacial score (nSPS) is 16.4. The first-order valence-corrected chi connectivity index (χ1v) is 7.44. The van der Waals surface area contributed by atoms with Gasteiger partial charge in [0, 0.05) is 6.04 Å². The number of carbonyl (C=O) groups excluding carboxylic acids is 1. The van der Waals surface area contributed by atoms with Crippen molar-refractivity contribution < 1.29 is 13.2 Å². The third-order valence-corrected chi connectivity index (χ3v) is 4.32. The van der Waals surface area contributed by atoms with E-state index in [0.717, 1.165) is 25.7 Å². The molecule has 2 amide bonds. The smallest absolute Gasteiger partial charge is 0.328 e. The molecule has 98 valence electrons. The monoisotopic (exact) mass is 268 g/mol. The van der Waals surface area contributed by atoms with Gasteiger partial charge in [0.15, 0.2) is 0 Å². The predicted octanol–water partition coefficient (Wildman–Crippen LogP) is 1.62. The molecule has 0 radical (unpaired) electrons. The van der Waals surface area contributed by atoms with Gasteiger partial charge in [0.05, 0.1) is 4.90 Å². The SMILES string of the molecule is O=C(NC1CCCC1)NS(=O)(=O)c1ccccc1. The van der Waals surface area contributed by atoms with Crippen LogP contribution in [0.5, 0.6) is 0 Å². The zero-order valence-corrected chi connectivity index (χ0v) is 10.7. The summed E-state index contributed by atoms with van der Waals surface area (Å²) < 4.78 is 25.7. The number of hydrogen-bond acceptors (Lipinski definition) is 3. The fourth-order valence-electron chi connectivity index (χ4n) is 2.07. The Labute approximate surface area is 107 Å². The fourth-order valence-corrected chi connectivity index (χ4v) is 3.00. The van der Waals surface area contributed by atoms with Gasteiger partial charge in [-0.15, -0.1) is 0 Å². The molecule has 2 rings (SSSR count). The van der Waals surface area contributed by atoms with Gasteiger partial charge in [-0.1, -0.05) is 31.0 Å². The Morgan fingerprint density at radius 2 is 1.72 bits per heavy atom. The lowest BCUT2D eigenvalue weighted by atomic mass is 10.3. The maximum Gasteiger partial charge on any atom is 0.328 e. The van der Waals surface area contributed by atoms with Gasteiger partial charge in [-0.2, -0.15) is 0 Å². The van der Waals surface area contributed by atoms with E-state index in [2.05, 4.69) is 5.32 Å². The minimum atomic E-state index is -3.76. The Hall–Kier alpha value is -1.56. The van der Waals surface area contributed by atoms with Crippen LogP contribution in [-0.2, 0) is 10.0 Å². The summed E-state index contributed by atoms with van der Waals surface area (Å²) in [6.45, 7) is 0. The van der Waals surface area contributed by atoms with Gasteiger partial charge >= 0.3 is 6.03 Å². The minimum absolute atomic E-state index is 0.0894. The van der Waals surface area contributed by atoms with Crippen LogP contribution in [0.4, 0.5) is 4.79 Å². The Bertz CT molecular complexity index is 507. The van der Waals surface area contributed by atoms with E-state index in [1.165, 1.54) is 12.1 Å². The summed E-state index contributed by atoms with van der Waals surface area (Å²) in [5.41, 5.74) is 0. The van der Waals surface area contributed by atoms with Crippen molar-refractivity contribution >= 4 is 16.1 Å². The molecule has 5 nitrogen and oxygen atoms in total. The molecule has 1 aliphatic rings. The molecule has 1 aliphatic carbocycles. The first kappa shape index (κ1) is 12.9. The van der Waals surface area contributed by atoms with Crippen LogP contribution in [0.15, 0.2) is 35.2 Å². The van der Waals surface area contributed by atoms with Gasteiger partial charge in [0.25, 0.3) is 10.0 Å². The van der Waals surface area contributed by atoms with Crippen molar-refractivity contribution in [3.05, 3.63) is 30.3 Å². The molecule has 0 spiro atoms. The van der Waals surface area contributed by atoms with Crippen LogP contribution in [0.3, 0.4) is 0 Å². The number of nitrogens with one attached hydrogen (secondary N) is 2. The lowest BCUT2D eigenvalue weighted by molar-refractivity contribution is 0.242. The summed E-state index contributed by atoms with van der Waals surface area (Å²) in [4.78, 5) is 11.7. The maximum atomic E-state index is 11.8. The highest BCUT2D eigenvalue weighted by Gasteiger charge is 2.21. The topological polar surface area (TPSA) is 75.3 Å². The van der Waals surface area contributed by atoms with Crippen molar-refractivity contribution in [2.75, 3.05) is 0 Å². The summed E-state index contributed by atoms with van der Waals surface area (Å²) in [5.74, 6) is 0. The van der Waals surface area contributed by atoms with E-state index in [1.54, 1.807) is 18.2 Å². The standard InChI is InChI=1S/C12H16N2O3S/c15-12(13-10-6-4-5-7-10)14-18(16,17)11-8-2-1-3-9-11/h1-3,8-10H,4-7H2,(H2,13,14,15). The third-order valence-electron chi connectivity index (χ3n) is 2.97. The molecule has 0 heterocycles. The summed E-state index contributed by atoms with van der Waals surface area (Å²) in [6.07, 6.45) is 3.99. The van der Waals surface area contributed by atoms with E-state index < -0.39 is 16.1 Å². The Balaban J connectivity index is 1.98. The van der Waals surface area contributed by atoms with Crippen molar-refractivity contribution in [3.63, 3.8) is 0 Å². The summed E-state index contributed by atoms with van der Waals surface area (Å²) >= 11 is 0. The molecule has 0 unspecified atom stereocenters. The van der Waals surface area contributed by atoms with E-state index in [-0.39, 0.29) is 10.9 Å². The second kappa shape index (κ2) is 5.39. The molecule has 1 aromatic rings. The van der Waals surface area contributed by atoms with Gasteiger partial charge < -0.3 is 5.32 Å². The van der Waals surface area contributed by atoms with E-state index in [1.807, 2.05) is 4.72 Å². The van der Waals surface area contributed by atoms with Crippen molar-refractivity contribution in [2.24, 2.45) is 0 Å². The van der Waals surface area contributed by atoms with Crippen LogP contribution in [0.2, 0.25) is 0 Å². The average molecular weight is 268 g/mol. The highest BCUT2D eigenvalue weighted by molar-refractivity contribution is 7.90. The van der Waals surface area contributed by atoms with E-state index in [9.17, 15) is 13.2 Å². The van der Waals surface area contributed by atoms with Gasteiger partial charge in [-0.3, -0.25) is 0 Å².